The molecule has 2 rings (SSSR count). The Kier molecular flexibility index (Phi) is 4.23. The molecule has 17 heavy (non-hydrogen) atoms. The maximum atomic E-state index is 9.90. The van der Waals surface area contributed by atoms with Crippen LogP contribution in [0.2, 0.25) is 0 Å². The third-order valence-electron chi connectivity index (χ3n) is 3.12. The molecule has 0 aromatic heterocycles. The van der Waals surface area contributed by atoms with Gasteiger partial charge < -0.3 is 15.2 Å². The summed E-state index contributed by atoms with van der Waals surface area (Å²) >= 11 is 0. The van der Waals surface area contributed by atoms with Crippen LogP contribution < -0.4 is 10.1 Å². The van der Waals surface area contributed by atoms with E-state index < -0.39 is 0 Å². The van der Waals surface area contributed by atoms with Crippen molar-refractivity contribution < 1.29 is 9.84 Å². The number of aromatic hydroxyl groups is 1. The van der Waals surface area contributed by atoms with Crippen molar-refractivity contribution >= 4 is 0 Å². The largest absolute Gasteiger partial charge is 0.507 e. The highest BCUT2D eigenvalue weighted by atomic mass is 16.5. The molecule has 0 bridgehead atoms. The summed E-state index contributed by atoms with van der Waals surface area (Å²) in [7, 11) is 1.61. The summed E-state index contributed by atoms with van der Waals surface area (Å²) in [4.78, 5) is 2.36. The van der Waals surface area contributed by atoms with Crippen LogP contribution in [0.4, 0.5) is 0 Å². The van der Waals surface area contributed by atoms with Gasteiger partial charge in [0.05, 0.1) is 7.11 Å². The lowest BCUT2D eigenvalue weighted by atomic mass is 10.1. The van der Waals surface area contributed by atoms with Gasteiger partial charge in [-0.15, -0.1) is 0 Å². The van der Waals surface area contributed by atoms with Crippen LogP contribution in [0.15, 0.2) is 18.2 Å². The fourth-order valence-corrected chi connectivity index (χ4v) is 2.10. The van der Waals surface area contributed by atoms with Crippen molar-refractivity contribution in [3.05, 3.63) is 23.8 Å². The van der Waals surface area contributed by atoms with Crippen molar-refractivity contribution in [3.63, 3.8) is 0 Å². The van der Waals surface area contributed by atoms with Crippen molar-refractivity contribution in [3.8, 4) is 11.5 Å². The zero-order valence-corrected chi connectivity index (χ0v) is 10.3. The molecule has 1 aromatic rings. The molecule has 94 valence electrons. The second kappa shape index (κ2) is 5.89. The minimum absolute atomic E-state index is 0.321. The molecule has 4 nitrogen and oxygen atoms in total. The number of hydrogen-bond donors (Lipinski definition) is 2. The zero-order chi connectivity index (χ0) is 12.1. The summed E-state index contributed by atoms with van der Waals surface area (Å²) in [5.74, 6) is 1.02. The zero-order valence-electron chi connectivity index (χ0n) is 10.3. The first-order valence-electron chi connectivity index (χ1n) is 6.08. The Morgan fingerprint density at radius 2 is 2.24 bits per heavy atom. The highest BCUT2D eigenvalue weighted by Crippen LogP contribution is 2.24. The van der Waals surface area contributed by atoms with Crippen LogP contribution in [0.5, 0.6) is 11.5 Å². The van der Waals surface area contributed by atoms with Gasteiger partial charge in [0.2, 0.25) is 0 Å². The predicted octanol–water partition coefficient (Wildman–Crippen LogP) is 1.20. The lowest BCUT2D eigenvalue weighted by molar-refractivity contribution is 0.279. The maximum Gasteiger partial charge on any atom is 0.123 e. The summed E-state index contributed by atoms with van der Waals surface area (Å²) in [6.07, 6.45) is 1.16. The molecule has 1 aromatic carbocycles. The molecule has 0 amide bonds. The van der Waals surface area contributed by atoms with Crippen LogP contribution in [-0.4, -0.2) is 43.3 Å². The SMILES string of the molecule is COc1ccc(CN2CCCNCC2)c(O)c1. The lowest BCUT2D eigenvalue weighted by Gasteiger charge is -2.20. The monoisotopic (exact) mass is 236 g/mol. The number of rotatable bonds is 3. The molecule has 0 unspecified atom stereocenters. The summed E-state index contributed by atoms with van der Waals surface area (Å²) in [6.45, 7) is 5.03. The fourth-order valence-electron chi connectivity index (χ4n) is 2.10. The highest BCUT2D eigenvalue weighted by Gasteiger charge is 2.11. The van der Waals surface area contributed by atoms with Gasteiger partial charge in [0.25, 0.3) is 0 Å². The molecular formula is C13H20N2O2. The third kappa shape index (κ3) is 3.35. The molecule has 0 spiro atoms. The van der Waals surface area contributed by atoms with Crippen LogP contribution in [0, 0.1) is 0 Å². The number of phenols is 1. The number of benzene rings is 1. The molecule has 1 heterocycles. The Bertz CT molecular complexity index is 360. The summed E-state index contributed by atoms with van der Waals surface area (Å²) < 4.78 is 5.08. The first kappa shape index (κ1) is 12.2. The Morgan fingerprint density at radius 3 is 3.00 bits per heavy atom. The normalized spacial score (nSPS) is 17.7. The minimum Gasteiger partial charge on any atom is -0.507 e. The standard InChI is InChI=1S/C13H20N2O2/c1-17-12-4-3-11(13(16)9-12)10-15-7-2-5-14-6-8-15/h3-4,9,14,16H,2,5-8,10H2,1H3. The van der Waals surface area contributed by atoms with E-state index in [1.165, 1.54) is 0 Å². The second-order valence-corrected chi connectivity index (χ2v) is 4.37. The van der Waals surface area contributed by atoms with Crippen LogP contribution in [-0.2, 0) is 6.54 Å². The molecule has 0 aliphatic carbocycles. The summed E-state index contributed by atoms with van der Waals surface area (Å²) in [5, 5.41) is 13.3. The third-order valence-corrected chi connectivity index (χ3v) is 3.12. The van der Waals surface area contributed by atoms with Crippen LogP contribution >= 0.6 is 0 Å². The van der Waals surface area contributed by atoms with Gasteiger partial charge in [0, 0.05) is 31.3 Å². The van der Waals surface area contributed by atoms with Crippen molar-refractivity contribution in [2.75, 3.05) is 33.3 Å². The van der Waals surface area contributed by atoms with Crippen molar-refractivity contribution in [1.29, 1.82) is 0 Å². The van der Waals surface area contributed by atoms with Crippen LogP contribution in [0.25, 0.3) is 0 Å². The Hall–Kier alpha value is -1.26. The molecule has 4 heteroatoms. The Balaban J connectivity index is 2.01. The van der Waals surface area contributed by atoms with Gasteiger partial charge >= 0.3 is 0 Å². The van der Waals surface area contributed by atoms with Crippen LogP contribution in [0.1, 0.15) is 12.0 Å². The van der Waals surface area contributed by atoms with E-state index in [4.69, 9.17) is 4.74 Å². The van der Waals surface area contributed by atoms with Gasteiger partial charge in [-0.1, -0.05) is 6.07 Å². The number of methoxy groups -OCH3 is 1. The average molecular weight is 236 g/mol. The van der Waals surface area contributed by atoms with Crippen molar-refractivity contribution in [2.24, 2.45) is 0 Å². The van der Waals surface area contributed by atoms with Crippen molar-refractivity contribution in [1.82, 2.24) is 10.2 Å². The molecule has 1 saturated heterocycles. The van der Waals surface area contributed by atoms with Gasteiger partial charge in [-0.3, -0.25) is 4.90 Å². The quantitative estimate of drug-likeness (QED) is 0.827. The summed E-state index contributed by atoms with van der Waals surface area (Å²) in [6, 6.07) is 5.50. The van der Waals surface area contributed by atoms with Crippen LogP contribution in [0.3, 0.4) is 0 Å². The Morgan fingerprint density at radius 1 is 1.35 bits per heavy atom. The predicted molar refractivity (Wildman–Crippen MR) is 67.4 cm³/mol. The minimum atomic E-state index is 0.321. The number of nitrogens with zero attached hydrogens (tertiary/aromatic N) is 1. The smallest absolute Gasteiger partial charge is 0.123 e. The number of phenolic OH excluding ortho intramolecular Hbond substituents is 1. The topological polar surface area (TPSA) is 44.7 Å². The van der Waals surface area contributed by atoms with E-state index in [9.17, 15) is 5.11 Å². The molecule has 1 aliphatic heterocycles. The van der Waals surface area contributed by atoms with E-state index in [2.05, 4.69) is 10.2 Å². The summed E-state index contributed by atoms with van der Waals surface area (Å²) in [5.41, 5.74) is 0.965. The van der Waals surface area contributed by atoms with E-state index in [-0.39, 0.29) is 0 Å². The van der Waals surface area contributed by atoms with Gasteiger partial charge in [-0.2, -0.15) is 0 Å². The highest BCUT2D eigenvalue weighted by molar-refractivity contribution is 5.39. The first-order chi connectivity index (χ1) is 8.29. The van der Waals surface area contributed by atoms with E-state index in [0.717, 1.165) is 44.7 Å². The Labute approximate surface area is 102 Å². The molecule has 0 atom stereocenters. The van der Waals surface area contributed by atoms with Gasteiger partial charge in [0.1, 0.15) is 11.5 Å². The van der Waals surface area contributed by atoms with E-state index >= 15 is 0 Å². The number of hydrogen-bond acceptors (Lipinski definition) is 4. The van der Waals surface area contributed by atoms with Gasteiger partial charge in [-0.25, -0.2) is 0 Å². The molecule has 2 N–H and O–H groups in total. The van der Waals surface area contributed by atoms with Crippen molar-refractivity contribution in [2.45, 2.75) is 13.0 Å². The molecule has 0 saturated carbocycles. The number of nitrogens with one attached hydrogen (secondary N) is 1. The van der Waals surface area contributed by atoms with Gasteiger partial charge in [0.15, 0.2) is 0 Å². The molecule has 1 fully saturated rings. The van der Waals surface area contributed by atoms with Gasteiger partial charge in [-0.05, 0) is 25.6 Å². The van der Waals surface area contributed by atoms with E-state index in [1.54, 1.807) is 13.2 Å². The molecular weight excluding hydrogens is 216 g/mol. The molecule has 1 aliphatic rings. The lowest BCUT2D eigenvalue weighted by Crippen LogP contribution is -2.27. The van der Waals surface area contributed by atoms with E-state index in [0.29, 0.717) is 11.5 Å². The maximum absolute atomic E-state index is 9.90. The second-order valence-electron chi connectivity index (χ2n) is 4.37. The van der Waals surface area contributed by atoms with E-state index in [1.807, 2.05) is 12.1 Å². The number of ether oxygens (including phenoxy) is 1. The average Bonchev–Trinajstić information content (AvgIpc) is 2.60. The molecule has 0 radical (unpaired) electrons. The fraction of sp³-hybridized carbons (Fsp3) is 0.538. The first-order valence-corrected chi connectivity index (χ1v) is 6.08.